The van der Waals surface area contributed by atoms with Gasteiger partial charge in [0.2, 0.25) is 5.91 Å². The molecule has 0 aromatic heterocycles. The highest BCUT2D eigenvalue weighted by Crippen LogP contribution is 2.38. The fourth-order valence-electron chi connectivity index (χ4n) is 11.5. The van der Waals surface area contributed by atoms with Crippen LogP contribution in [0.25, 0.3) is 0 Å². The van der Waals surface area contributed by atoms with Crippen LogP contribution in [0.3, 0.4) is 0 Å². The number of phosphoric ester groups is 1. The lowest BCUT2D eigenvalue weighted by Crippen LogP contribution is -2.47. The predicted molar refractivity (Wildman–Crippen MR) is 372 cm³/mol. The fraction of sp³-hybridized carbons (Fsp3) is 0.895. The third kappa shape index (κ3) is 66.6. The van der Waals surface area contributed by atoms with E-state index in [1.807, 2.05) is 33.3 Å². The quantitative estimate of drug-likeness (QED) is 0.0212. The van der Waals surface area contributed by atoms with Crippen molar-refractivity contribution in [3.05, 3.63) is 36.5 Å². The number of hydrogen-bond donors (Lipinski definition) is 1. The van der Waals surface area contributed by atoms with Crippen LogP contribution in [-0.4, -0.2) is 69.4 Å². The van der Waals surface area contributed by atoms with Crippen LogP contribution in [-0.2, 0) is 27.9 Å². The third-order valence-electron chi connectivity index (χ3n) is 17.3. The summed E-state index contributed by atoms with van der Waals surface area (Å²) in [6.45, 7) is 6.89. The number of nitrogens with zero attached hydrogens (tertiary/aromatic N) is 1. The van der Waals surface area contributed by atoms with E-state index in [0.29, 0.717) is 17.4 Å². The summed E-state index contributed by atoms with van der Waals surface area (Å²) in [5, 5.41) is 3.06. The molecule has 508 valence electrons. The van der Waals surface area contributed by atoms with Crippen molar-refractivity contribution in [2.75, 3.05) is 40.9 Å². The molecular weight excluding hydrogens is 1080 g/mol. The smallest absolute Gasteiger partial charge is 0.306 e. The summed E-state index contributed by atoms with van der Waals surface area (Å²) in [7, 11) is 1.21. The van der Waals surface area contributed by atoms with E-state index >= 15 is 0 Å². The zero-order valence-corrected chi connectivity index (χ0v) is 59.2. The van der Waals surface area contributed by atoms with Crippen LogP contribution in [0.4, 0.5) is 0 Å². The topological polar surface area (TPSA) is 114 Å². The van der Waals surface area contributed by atoms with Gasteiger partial charge >= 0.3 is 5.97 Å². The molecule has 3 unspecified atom stereocenters. The second-order valence-electron chi connectivity index (χ2n) is 27.2. The number of carbonyl (C=O) groups is 2. The molecule has 1 N–H and O–H groups in total. The average molecular weight is 1230 g/mol. The Morgan fingerprint density at radius 2 is 0.709 bits per heavy atom. The van der Waals surface area contributed by atoms with Crippen LogP contribution in [0, 0.1) is 0 Å². The molecule has 0 fully saturated rings. The SMILES string of the molecule is CCCCC/C=C\C/C=C\CCCCCCCCCCCCCCCCCCCC(=O)OC(/C=C/CCCCCCCCCCCC)C(COP(=O)([O-])OCC[N+](C)(C)C)NC(=O)CCCCCCCCCCCCCCCCCCCCCCC. The van der Waals surface area contributed by atoms with Crippen LogP contribution < -0.4 is 10.2 Å². The van der Waals surface area contributed by atoms with Gasteiger partial charge in [0.15, 0.2) is 0 Å². The Kier molecular flexibility index (Phi) is 64.8. The maximum Gasteiger partial charge on any atom is 0.306 e. The molecule has 1 amide bonds. The number of phosphoric acid groups is 1. The lowest BCUT2D eigenvalue weighted by molar-refractivity contribution is -0.870. The summed E-state index contributed by atoms with van der Waals surface area (Å²) in [5.41, 5.74) is 0. The molecule has 0 spiro atoms. The molecule has 0 saturated carbocycles. The van der Waals surface area contributed by atoms with Crippen molar-refractivity contribution in [2.45, 2.75) is 399 Å². The van der Waals surface area contributed by atoms with Crippen LogP contribution >= 0.6 is 7.82 Å². The number of carbonyl (C=O) groups excluding carboxylic acids is 2. The number of allylic oxidation sites excluding steroid dienone is 5. The van der Waals surface area contributed by atoms with Crippen molar-refractivity contribution >= 4 is 19.7 Å². The molecule has 0 aromatic carbocycles. The maximum absolute atomic E-state index is 13.6. The van der Waals surface area contributed by atoms with Crippen molar-refractivity contribution in [1.82, 2.24) is 5.32 Å². The average Bonchev–Trinajstić information content (AvgIpc) is 3.65. The van der Waals surface area contributed by atoms with Gasteiger partial charge < -0.3 is 28.5 Å². The zero-order chi connectivity index (χ0) is 62.8. The Morgan fingerprint density at radius 1 is 0.407 bits per heavy atom. The molecule has 0 saturated heterocycles. The number of quaternary nitrogens is 1. The van der Waals surface area contributed by atoms with E-state index in [4.69, 9.17) is 13.8 Å². The van der Waals surface area contributed by atoms with Gasteiger partial charge in [-0.15, -0.1) is 0 Å². The number of hydrogen-bond acceptors (Lipinski definition) is 7. The molecule has 3 atom stereocenters. The summed E-state index contributed by atoms with van der Waals surface area (Å²) in [6.07, 6.45) is 82.8. The molecule has 86 heavy (non-hydrogen) atoms. The molecular formula is C76H147N2O7P. The van der Waals surface area contributed by atoms with E-state index in [1.165, 1.54) is 289 Å². The first-order chi connectivity index (χ1) is 41.9. The van der Waals surface area contributed by atoms with E-state index < -0.39 is 20.0 Å². The molecule has 0 aliphatic carbocycles. The largest absolute Gasteiger partial charge is 0.756 e. The molecule has 0 heterocycles. The Morgan fingerprint density at radius 3 is 1.07 bits per heavy atom. The van der Waals surface area contributed by atoms with Gasteiger partial charge in [-0.2, -0.15) is 0 Å². The summed E-state index contributed by atoms with van der Waals surface area (Å²) in [4.78, 5) is 40.2. The summed E-state index contributed by atoms with van der Waals surface area (Å²) in [6, 6.07) is -0.884. The van der Waals surface area contributed by atoms with E-state index in [0.717, 1.165) is 64.2 Å². The molecule has 9 nitrogen and oxygen atoms in total. The summed E-state index contributed by atoms with van der Waals surface area (Å²) >= 11 is 0. The second-order valence-corrected chi connectivity index (χ2v) is 28.6. The summed E-state index contributed by atoms with van der Waals surface area (Å²) in [5.74, 6) is -0.517. The van der Waals surface area contributed by atoms with E-state index in [2.05, 4.69) is 50.4 Å². The first kappa shape index (κ1) is 84.2. The minimum absolute atomic E-state index is 0.0184. The lowest BCUT2D eigenvalue weighted by Gasteiger charge is -2.30. The van der Waals surface area contributed by atoms with Gasteiger partial charge in [-0.05, 0) is 63.9 Å². The molecule has 0 bridgehead atoms. The first-order valence-electron chi connectivity index (χ1n) is 37.8. The minimum atomic E-state index is -4.70. The van der Waals surface area contributed by atoms with Gasteiger partial charge in [-0.1, -0.05) is 347 Å². The number of unbranched alkanes of at least 4 members (excludes halogenated alkanes) is 50. The van der Waals surface area contributed by atoms with E-state index in [-0.39, 0.29) is 31.5 Å². The maximum atomic E-state index is 13.6. The van der Waals surface area contributed by atoms with Gasteiger partial charge in [-0.25, -0.2) is 0 Å². The monoisotopic (exact) mass is 1230 g/mol. The molecule has 0 rings (SSSR count). The number of nitrogens with one attached hydrogen (secondary N) is 1. The van der Waals surface area contributed by atoms with E-state index in [9.17, 15) is 19.0 Å². The van der Waals surface area contributed by atoms with Gasteiger partial charge in [-0.3, -0.25) is 14.2 Å². The molecule has 0 radical (unpaired) electrons. The normalized spacial score (nSPS) is 13.6. The predicted octanol–water partition coefficient (Wildman–Crippen LogP) is 23.6. The number of ether oxygens (including phenoxy) is 1. The summed E-state index contributed by atoms with van der Waals surface area (Å²) < 4.78 is 30.5. The van der Waals surface area contributed by atoms with Crippen molar-refractivity contribution in [3.63, 3.8) is 0 Å². The number of esters is 1. The lowest BCUT2D eigenvalue weighted by atomic mass is 10.0. The second kappa shape index (κ2) is 66.2. The molecule has 10 heteroatoms. The number of amides is 1. The van der Waals surface area contributed by atoms with Gasteiger partial charge in [0.05, 0.1) is 33.8 Å². The Hall–Kier alpha value is -1.77. The highest BCUT2D eigenvalue weighted by molar-refractivity contribution is 7.45. The first-order valence-corrected chi connectivity index (χ1v) is 39.3. The molecule has 0 aromatic rings. The van der Waals surface area contributed by atoms with Crippen LogP contribution in [0.1, 0.15) is 387 Å². The number of likely N-dealkylation sites (N-methyl/N-ethyl adjacent to an activating group) is 1. The third-order valence-corrected chi connectivity index (χ3v) is 18.3. The highest BCUT2D eigenvalue weighted by atomic mass is 31.2. The van der Waals surface area contributed by atoms with Crippen LogP contribution in [0.15, 0.2) is 36.5 Å². The number of rotatable bonds is 70. The van der Waals surface area contributed by atoms with Crippen LogP contribution in [0.5, 0.6) is 0 Å². The van der Waals surface area contributed by atoms with Gasteiger partial charge in [0.25, 0.3) is 7.82 Å². The molecule has 0 aliphatic heterocycles. The standard InChI is InChI=1S/C76H147N2O7P/c1-7-10-13-16-19-22-25-28-30-32-34-36-37-38-39-40-41-43-45-47-49-51-54-57-60-63-66-69-76(80)85-74(67-64-61-58-55-52-27-24-21-18-15-12-9-3)73(72-84-86(81,82)83-71-70-78(4,5)6)77-75(79)68-65-62-59-56-53-50-48-46-44-42-35-33-31-29-26-23-20-17-14-11-8-2/h19,22,28,30,64,67,73-74H,7-18,20-21,23-27,29,31-63,65-66,68-72H2,1-6H3,(H-,77,79,81,82)/b22-19-,30-28-,67-64+. The minimum Gasteiger partial charge on any atom is -0.756 e. The van der Waals surface area contributed by atoms with Crippen LogP contribution in [0.2, 0.25) is 0 Å². The van der Waals surface area contributed by atoms with Gasteiger partial charge in [0, 0.05) is 12.8 Å². The van der Waals surface area contributed by atoms with Crippen molar-refractivity contribution < 1.29 is 37.3 Å². The van der Waals surface area contributed by atoms with E-state index in [1.54, 1.807) is 0 Å². The Balaban J connectivity index is 4.94. The van der Waals surface area contributed by atoms with Crippen molar-refractivity contribution in [2.24, 2.45) is 0 Å². The highest BCUT2D eigenvalue weighted by Gasteiger charge is 2.27. The Labute approximate surface area is 536 Å². The Bertz CT molecular complexity index is 1560. The van der Waals surface area contributed by atoms with Crippen molar-refractivity contribution in [1.29, 1.82) is 0 Å². The van der Waals surface area contributed by atoms with Crippen molar-refractivity contribution in [3.8, 4) is 0 Å². The fourth-order valence-corrected chi connectivity index (χ4v) is 12.2. The molecule has 0 aliphatic rings. The zero-order valence-electron chi connectivity index (χ0n) is 58.3. The van der Waals surface area contributed by atoms with Gasteiger partial charge in [0.1, 0.15) is 19.3 Å².